The van der Waals surface area contributed by atoms with Gasteiger partial charge in [0.05, 0.1) is 12.2 Å². The van der Waals surface area contributed by atoms with Gasteiger partial charge in [-0.25, -0.2) is 0 Å². The fourth-order valence-corrected chi connectivity index (χ4v) is 7.04. The second-order valence-corrected chi connectivity index (χ2v) is 13.5. The predicted molar refractivity (Wildman–Crippen MR) is 176 cm³/mol. The molecule has 10 atom stereocenters. The molecule has 43 heavy (non-hydrogen) atoms. The van der Waals surface area contributed by atoms with E-state index in [4.69, 9.17) is 23.7 Å². The second-order valence-electron chi connectivity index (χ2n) is 12.6. The van der Waals surface area contributed by atoms with E-state index in [2.05, 4.69) is 28.7 Å². The van der Waals surface area contributed by atoms with E-state index in [0.717, 1.165) is 10.0 Å². The zero-order chi connectivity index (χ0) is 32.3. The number of hydrogen-bond acceptors (Lipinski definition) is 9. The van der Waals surface area contributed by atoms with Crippen LogP contribution in [0.15, 0.2) is 23.8 Å². The molecule has 2 heterocycles. The minimum absolute atomic E-state index is 0.0300. The summed E-state index contributed by atoms with van der Waals surface area (Å²) >= 11 is 2.32. The SMILES string of the molecule is CC[C@H]1OC(=O)CC[C@H](C)[C@@H](OC2OC(C)CC(N(C)C)C2O)[C@@H](CC(OC)OC)C[C@@H](C)C(=O)/C=C/C(C)=C/[C@@H]1CI. The number of esters is 1. The highest BCUT2D eigenvalue weighted by Gasteiger charge is 2.42. The zero-order valence-electron chi connectivity index (χ0n) is 27.7. The Morgan fingerprint density at radius 2 is 1.79 bits per heavy atom. The summed E-state index contributed by atoms with van der Waals surface area (Å²) in [6.45, 7) is 9.97. The van der Waals surface area contributed by atoms with Gasteiger partial charge >= 0.3 is 5.97 Å². The van der Waals surface area contributed by atoms with Crippen LogP contribution in [0.25, 0.3) is 0 Å². The van der Waals surface area contributed by atoms with Crippen LogP contribution in [-0.4, -0.2) is 97.5 Å². The van der Waals surface area contributed by atoms with Crippen molar-refractivity contribution in [2.75, 3.05) is 32.7 Å². The van der Waals surface area contributed by atoms with E-state index >= 15 is 0 Å². The lowest BCUT2D eigenvalue weighted by Crippen LogP contribution is -2.56. The third-order valence-electron chi connectivity index (χ3n) is 8.89. The first-order valence-corrected chi connectivity index (χ1v) is 17.2. The number of hydrogen-bond donors (Lipinski definition) is 1. The molecule has 248 valence electrons. The van der Waals surface area contributed by atoms with E-state index in [1.54, 1.807) is 20.3 Å². The van der Waals surface area contributed by atoms with Gasteiger partial charge in [0.2, 0.25) is 0 Å². The number of ketones is 1. The lowest BCUT2D eigenvalue weighted by molar-refractivity contribution is -0.282. The topological polar surface area (TPSA) is 104 Å². The minimum atomic E-state index is -0.864. The zero-order valence-corrected chi connectivity index (χ0v) is 29.8. The molecule has 0 saturated carbocycles. The summed E-state index contributed by atoms with van der Waals surface area (Å²) in [6.07, 6.45) is 5.67. The van der Waals surface area contributed by atoms with E-state index in [9.17, 15) is 14.7 Å². The van der Waals surface area contributed by atoms with Gasteiger partial charge in [0.15, 0.2) is 18.4 Å². The van der Waals surface area contributed by atoms with Gasteiger partial charge in [0.25, 0.3) is 0 Å². The van der Waals surface area contributed by atoms with Crippen molar-refractivity contribution in [2.45, 2.75) is 116 Å². The van der Waals surface area contributed by atoms with E-state index < -0.39 is 24.8 Å². The van der Waals surface area contributed by atoms with Gasteiger partial charge in [-0.1, -0.05) is 61.1 Å². The molecule has 0 amide bonds. The number of methoxy groups -OCH3 is 2. The summed E-state index contributed by atoms with van der Waals surface area (Å²) in [5, 5.41) is 11.3. The molecular weight excluding hydrogens is 665 g/mol. The molecule has 0 aromatic heterocycles. The molecule has 1 fully saturated rings. The van der Waals surface area contributed by atoms with E-state index in [1.165, 1.54) is 0 Å². The van der Waals surface area contributed by atoms with Crippen LogP contribution < -0.4 is 0 Å². The number of likely N-dealkylation sites (N-methyl/N-ethyl adjacent to an activating group) is 1. The molecule has 2 rings (SSSR count). The van der Waals surface area contributed by atoms with Crippen LogP contribution in [0, 0.1) is 23.7 Å². The average Bonchev–Trinajstić information content (AvgIpc) is 2.97. The number of nitrogens with zero attached hydrogens (tertiary/aromatic N) is 1. The molecule has 2 aliphatic heterocycles. The van der Waals surface area contributed by atoms with Crippen LogP contribution in [0.2, 0.25) is 0 Å². The smallest absolute Gasteiger partial charge is 0.306 e. The van der Waals surface area contributed by atoms with Gasteiger partial charge in [-0.15, -0.1) is 0 Å². The molecule has 2 aliphatic rings. The van der Waals surface area contributed by atoms with Gasteiger partial charge in [-0.2, -0.15) is 0 Å². The maximum absolute atomic E-state index is 13.4. The van der Waals surface area contributed by atoms with Crippen molar-refractivity contribution in [2.24, 2.45) is 23.7 Å². The van der Waals surface area contributed by atoms with Crippen LogP contribution >= 0.6 is 22.6 Å². The van der Waals surface area contributed by atoms with E-state index in [1.807, 2.05) is 59.7 Å². The second kappa shape index (κ2) is 18.9. The first-order valence-electron chi connectivity index (χ1n) is 15.7. The Kier molecular flexibility index (Phi) is 16.9. The van der Waals surface area contributed by atoms with Crippen molar-refractivity contribution in [1.29, 1.82) is 0 Å². The van der Waals surface area contributed by atoms with Gasteiger partial charge in [0, 0.05) is 49.4 Å². The first kappa shape index (κ1) is 38.3. The van der Waals surface area contributed by atoms with Crippen molar-refractivity contribution in [1.82, 2.24) is 4.90 Å². The maximum Gasteiger partial charge on any atom is 0.306 e. The molecular formula is C33H56INO8. The third-order valence-corrected chi connectivity index (χ3v) is 9.91. The molecule has 1 saturated heterocycles. The molecule has 0 aromatic rings. The van der Waals surface area contributed by atoms with Crippen molar-refractivity contribution < 1.29 is 38.4 Å². The Morgan fingerprint density at radius 1 is 1.12 bits per heavy atom. The normalized spacial score (nSPS) is 37.7. The number of aliphatic hydroxyl groups is 1. The summed E-state index contributed by atoms with van der Waals surface area (Å²) in [7, 11) is 7.07. The van der Waals surface area contributed by atoms with E-state index in [0.29, 0.717) is 32.1 Å². The van der Waals surface area contributed by atoms with Gasteiger partial charge in [-0.05, 0) is 71.5 Å². The summed E-state index contributed by atoms with van der Waals surface area (Å²) in [5.41, 5.74) is 0.960. The van der Waals surface area contributed by atoms with E-state index in [-0.39, 0.29) is 60.1 Å². The number of ether oxygens (including phenoxy) is 5. The minimum Gasteiger partial charge on any atom is -0.462 e. The number of allylic oxidation sites excluding steroid dienone is 3. The number of rotatable bonds is 9. The van der Waals surface area contributed by atoms with Gasteiger partial charge < -0.3 is 33.7 Å². The number of aliphatic hydroxyl groups excluding tert-OH is 1. The Hall–Kier alpha value is -0.890. The Morgan fingerprint density at radius 3 is 2.37 bits per heavy atom. The average molecular weight is 722 g/mol. The standard InChI is InChI=1S/C33H56INO8/c1-10-28-25(19-34)15-20(2)11-13-27(36)22(4)16-24(18-30(39-8)40-9)32(21(3)12-14-29(37)42-28)43-33-31(38)26(35(6)7)17-23(5)41-33/h11,13,15,21-26,28,30-33,38H,10,12,14,16-19H2,1-9H3/b13-11+,20-15+/t21-,22+,23?,24+,25+,26?,28+,31?,32+,33?/m0/s1. The maximum atomic E-state index is 13.4. The highest BCUT2D eigenvalue weighted by atomic mass is 127. The molecule has 0 aliphatic carbocycles. The van der Waals surface area contributed by atoms with Crippen molar-refractivity contribution >= 4 is 34.3 Å². The molecule has 0 spiro atoms. The molecule has 0 bridgehead atoms. The monoisotopic (exact) mass is 721 g/mol. The number of carbonyl (C=O) groups excluding carboxylic acids is 2. The highest BCUT2D eigenvalue weighted by molar-refractivity contribution is 14.1. The molecule has 9 nitrogen and oxygen atoms in total. The summed E-state index contributed by atoms with van der Waals surface area (Å²) in [4.78, 5) is 28.5. The molecule has 0 radical (unpaired) electrons. The largest absolute Gasteiger partial charge is 0.462 e. The number of alkyl halides is 1. The van der Waals surface area contributed by atoms with Crippen LogP contribution in [0.3, 0.4) is 0 Å². The quantitative estimate of drug-likeness (QED) is 0.147. The van der Waals surface area contributed by atoms with Crippen LogP contribution in [0.1, 0.15) is 73.1 Å². The molecule has 10 heteroatoms. The first-order chi connectivity index (χ1) is 20.3. The van der Waals surface area contributed by atoms with Crippen LogP contribution in [-0.2, 0) is 33.3 Å². The Labute approximate surface area is 273 Å². The third kappa shape index (κ3) is 11.8. The Balaban J connectivity index is 2.52. The van der Waals surface area contributed by atoms with Gasteiger partial charge in [0.1, 0.15) is 12.2 Å². The van der Waals surface area contributed by atoms with Crippen molar-refractivity contribution in [3.8, 4) is 0 Å². The number of halogens is 1. The van der Waals surface area contributed by atoms with Crippen LogP contribution in [0.5, 0.6) is 0 Å². The predicted octanol–water partition coefficient (Wildman–Crippen LogP) is 5.32. The fourth-order valence-electron chi connectivity index (χ4n) is 6.22. The lowest BCUT2D eigenvalue weighted by atomic mass is 9.80. The Bertz CT molecular complexity index is 923. The number of cyclic esters (lactones) is 1. The fraction of sp³-hybridized carbons (Fsp3) is 0.818. The summed E-state index contributed by atoms with van der Waals surface area (Å²) in [5.74, 6) is -0.759. The van der Waals surface area contributed by atoms with Crippen LogP contribution in [0.4, 0.5) is 0 Å². The van der Waals surface area contributed by atoms with Crippen molar-refractivity contribution in [3.63, 3.8) is 0 Å². The molecule has 0 aromatic carbocycles. The summed E-state index contributed by atoms with van der Waals surface area (Å²) < 4.78 is 30.9. The summed E-state index contributed by atoms with van der Waals surface area (Å²) in [6, 6.07) is -0.131. The lowest BCUT2D eigenvalue weighted by Gasteiger charge is -2.44. The molecule has 4 unspecified atom stereocenters. The van der Waals surface area contributed by atoms with Gasteiger partial charge in [-0.3, -0.25) is 9.59 Å². The van der Waals surface area contributed by atoms with Crippen molar-refractivity contribution in [3.05, 3.63) is 23.8 Å². The molecule has 1 N–H and O–H groups in total. The number of carbonyl (C=O) groups is 2. The highest BCUT2D eigenvalue weighted by Crippen LogP contribution is 2.35.